The van der Waals surface area contributed by atoms with Crippen molar-refractivity contribution in [2.45, 2.75) is 51.2 Å². The maximum absolute atomic E-state index is 13.0. The van der Waals surface area contributed by atoms with Gasteiger partial charge in [-0.25, -0.2) is 14.0 Å². The van der Waals surface area contributed by atoms with Gasteiger partial charge in [0, 0.05) is 37.4 Å². The van der Waals surface area contributed by atoms with Crippen LogP contribution in [0.2, 0.25) is 0 Å². The zero-order valence-corrected chi connectivity index (χ0v) is 30.1. The molecule has 0 bridgehead atoms. The van der Waals surface area contributed by atoms with Gasteiger partial charge >= 0.3 is 5.69 Å². The molecule has 2 aliphatic heterocycles. The first kappa shape index (κ1) is 35.9. The molecule has 4 heterocycles. The summed E-state index contributed by atoms with van der Waals surface area (Å²) in [6.45, 7) is 7.46. The summed E-state index contributed by atoms with van der Waals surface area (Å²) in [5.41, 5.74) is 4.12. The molecule has 5 aromatic rings. The highest BCUT2D eigenvalue weighted by Crippen LogP contribution is 2.38. The minimum atomic E-state index is -1.38. The van der Waals surface area contributed by atoms with Gasteiger partial charge in [-0.3, -0.25) is 0 Å². The lowest BCUT2D eigenvalue weighted by Crippen LogP contribution is -2.46. The molecule has 0 radical (unpaired) electrons. The third-order valence-corrected chi connectivity index (χ3v) is 9.97. The van der Waals surface area contributed by atoms with Gasteiger partial charge in [-0.2, -0.15) is 35.9 Å². The van der Waals surface area contributed by atoms with Gasteiger partial charge in [-0.05, 0) is 67.4 Å². The van der Waals surface area contributed by atoms with Crippen molar-refractivity contribution in [3.05, 3.63) is 112 Å². The second-order valence-corrected chi connectivity index (χ2v) is 13.1. The van der Waals surface area contributed by atoms with E-state index in [4.69, 9.17) is 14.2 Å². The van der Waals surface area contributed by atoms with Crippen molar-refractivity contribution in [1.82, 2.24) is 29.3 Å². The van der Waals surface area contributed by atoms with E-state index in [1.807, 2.05) is 36.4 Å². The summed E-state index contributed by atoms with van der Waals surface area (Å²) in [5, 5.41) is 42.1. The van der Waals surface area contributed by atoms with E-state index in [9.17, 15) is 20.6 Å². The second kappa shape index (κ2) is 15.6. The van der Waals surface area contributed by atoms with Crippen molar-refractivity contribution in [3.8, 4) is 29.6 Å². The Labute approximate surface area is 312 Å². The van der Waals surface area contributed by atoms with E-state index in [0.717, 1.165) is 56.1 Å². The van der Waals surface area contributed by atoms with Crippen LogP contribution in [0.15, 0.2) is 84.2 Å². The van der Waals surface area contributed by atoms with Crippen molar-refractivity contribution in [1.29, 1.82) is 15.8 Å². The molecule has 7 rings (SSSR count). The van der Waals surface area contributed by atoms with Gasteiger partial charge in [-0.15, -0.1) is 0 Å². The molecule has 15 nitrogen and oxygen atoms in total. The highest BCUT2D eigenvalue weighted by molar-refractivity contribution is 5.63. The number of hydrogen-bond donors (Lipinski definition) is 0. The normalized spacial score (nSPS) is 18.3. The van der Waals surface area contributed by atoms with Crippen LogP contribution in [0.3, 0.4) is 0 Å². The Balaban J connectivity index is 0.977. The van der Waals surface area contributed by atoms with E-state index in [0.29, 0.717) is 22.4 Å². The fourth-order valence-electron chi connectivity index (χ4n) is 7.07. The van der Waals surface area contributed by atoms with E-state index in [1.165, 1.54) is 10.9 Å². The highest BCUT2D eigenvalue weighted by Gasteiger charge is 2.46. The summed E-state index contributed by atoms with van der Waals surface area (Å²) >= 11 is 0. The molecule has 0 saturated carbocycles. The summed E-state index contributed by atoms with van der Waals surface area (Å²) in [6, 6.07) is 24.9. The maximum Gasteiger partial charge on any atom is 0.350 e. The number of piperazine rings is 1. The molecule has 2 aromatic heterocycles. The minimum absolute atomic E-state index is 0.0787. The van der Waals surface area contributed by atoms with Crippen molar-refractivity contribution < 1.29 is 14.2 Å². The summed E-state index contributed by atoms with van der Waals surface area (Å²) in [5.74, 6) is -0.863. The zero-order chi connectivity index (χ0) is 37.7. The lowest BCUT2D eigenvalue weighted by molar-refractivity contribution is -0.192. The highest BCUT2D eigenvalue weighted by atomic mass is 16.8. The zero-order valence-electron chi connectivity index (χ0n) is 30.1. The molecule has 54 heavy (non-hydrogen) atoms. The minimum Gasteiger partial charge on any atom is -0.491 e. The van der Waals surface area contributed by atoms with Gasteiger partial charge < -0.3 is 24.0 Å². The summed E-state index contributed by atoms with van der Waals surface area (Å²) in [4.78, 5) is 18.9. The molecule has 2 atom stereocenters. The van der Waals surface area contributed by atoms with Crippen LogP contribution >= 0.6 is 0 Å². The molecule has 2 saturated heterocycles. The Bertz CT molecular complexity index is 2270. The number of nitriles is 3. The fraction of sp³-hybridized carbons (Fsp3) is 0.359. The van der Waals surface area contributed by atoms with Crippen LogP contribution in [0.25, 0.3) is 5.69 Å². The van der Waals surface area contributed by atoms with E-state index < -0.39 is 11.9 Å². The van der Waals surface area contributed by atoms with E-state index >= 15 is 0 Å². The average molecular weight is 726 g/mol. The quantitative estimate of drug-likeness (QED) is 0.179. The smallest absolute Gasteiger partial charge is 0.350 e. The van der Waals surface area contributed by atoms with Gasteiger partial charge in [0.25, 0.3) is 0 Å². The van der Waals surface area contributed by atoms with Gasteiger partial charge in [0.2, 0.25) is 5.79 Å². The van der Waals surface area contributed by atoms with Crippen LogP contribution in [0.4, 0.5) is 11.4 Å². The van der Waals surface area contributed by atoms with E-state index in [2.05, 4.69) is 57.2 Å². The Morgan fingerprint density at radius 3 is 2.24 bits per heavy atom. The topological polar surface area (TPSA) is 176 Å². The molecular formula is C39H39N11O4. The molecule has 0 N–H and O–H groups in total. The van der Waals surface area contributed by atoms with Crippen molar-refractivity contribution in [2.24, 2.45) is 0 Å². The van der Waals surface area contributed by atoms with Crippen LogP contribution in [-0.4, -0.2) is 74.8 Å². The molecule has 0 aliphatic carbocycles. The predicted octanol–water partition coefficient (Wildman–Crippen LogP) is 4.28. The second-order valence-electron chi connectivity index (χ2n) is 13.1. The first-order valence-corrected chi connectivity index (χ1v) is 17.9. The molecule has 2 aliphatic rings. The first-order valence-electron chi connectivity index (χ1n) is 17.9. The molecular weight excluding hydrogens is 687 g/mol. The van der Waals surface area contributed by atoms with Crippen molar-refractivity contribution in [3.63, 3.8) is 0 Å². The van der Waals surface area contributed by atoms with E-state index in [-0.39, 0.29) is 37.1 Å². The maximum atomic E-state index is 13.0. The molecule has 15 heteroatoms. The predicted molar refractivity (Wildman–Crippen MR) is 197 cm³/mol. The third kappa shape index (κ3) is 7.13. The number of aromatic nitrogens is 6. The number of nitrogens with zero attached hydrogens (tertiary/aromatic N) is 11. The lowest BCUT2D eigenvalue weighted by Gasteiger charge is -2.37. The monoisotopic (exact) mass is 725 g/mol. The van der Waals surface area contributed by atoms with Crippen LogP contribution in [0, 0.1) is 34.0 Å². The van der Waals surface area contributed by atoms with Gasteiger partial charge in [0.05, 0.1) is 65.2 Å². The molecule has 2 fully saturated rings. The number of anilines is 2. The van der Waals surface area contributed by atoms with Gasteiger partial charge in [0.15, 0.2) is 0 Å². The molecule has 274 valence electrons. The largest absolute Gasteiger partial charge is 0.491 e. The SMILES string of the molecule is CCC(CC)n1ncn(-c2ccc(N3CCN(c4ccc(OC[C@@H]5CO[C@@](Cn6nccn6)(c6ccc(C#N)cc6C#N)O5)cc4C#N)CC3)cc2)c1=O. The summed E-state index contributed by atoms with van der Waals surface area (Å²) < 4.78 is 22.0. The molecule has 0 spiro atoms. The van der Waals surface area contributed by atoms with Crippen LogP contribution in [0.1, 0.15) is 55.0 Å². The van der Waals surface area contributed by atoms with Crippen LogP contribution in [-0.2, 0) is 21.8 Å². The molecule has 3 aromatic carbocycles. The third-order valence-electron chi connectivity index (χ3n) is 9.97. The van der Waals surface area contributed by atoms with Crippen molar-refractivity contribution >= 4 is 11.4 Å². The average Bonchev–Trinajstić information content (AvgIpc) is 3.99. The fourth-order valence-corrected chi connectivity index (χ4v) is 7.07. The lowest BCUT2D eigenvalue weighted by atomic mass is 9.97. The Morgan fingerprint density at radius 2 is 1.56 bits per heavy atom. The standard InChI is InChI=1S/C39H39N11O4/c1-3-31(4-2)50-38(51)48(27-45-50)33-8-6-32(7-9-33)46-15-17-47(18-16-46)37-12-10-34(20-30(37)23-42)52-24-35-25-53-39(54-35,26-49-43-13-14-44-49)36-11-5-28(21-40)19-29(36)22-41/h5-14,19-20,27,31,35H,3-4,15-18,24-26H2,1-2H3/t35-,39-/m1/s1. The number of rotatable bonds is 12. The van der Waals surface area contributed by atoms with E-state index in [1.54, 1.807) is 46.2 Å². The van der Waals surface area contributed by atoms with Crippen LogP contribution in [0.5, 0.6) is 5.75 Å². The number of hydrogen-bond acceptors (Lipinski definition) is 12. The Kier molecular flexibility index (Phi) is 10.4. The summed E-state index contributed by atoms with van der Waals surface area (Å²) in [7, 11) is 0. The Morgan fingerprint density at radius 1 is 0.852 bits per heavy atom. The molecule has 0 amide bonds. The molecule has 0 unspecified atom stereocenters. The van der Waals surface area contributed by atoms with Gasteiger partial charge in [-0.1, -0.05) is 19.9 Å². The Hall–Kier alpha value is -6.47. The summed E-state index contributed by atoms with van der Waals surface area (Å²) in [6.07, 6.45) is 5.86. The number of benzene rings is 3. The van der Waals surface area contributed by atoms with Crippen molar-refractivity contribution in [2.75, 3.05) is 49.2 Å². The first-order chi connectivity index (χ1) is 26.4. The van der Waals surface area contributed by atoms with Gasteiger partial charge in [0.1, 0.15) is 37.4 Å². The van der Waals surface area contributed by atoms with Crippen LogP contribution < -0.4 is 20.2 Å². The number of ether oxygens (including phenoxy) is 3.